The van der Waals surface area contributed by atoms with Crippen molar-refractivity contribution in [1.82, 2.24) is 9.88 Å². The highest BCUT2D eigenvalue weighted by molar-refractivity contribution is 5.98. The zero-order valence-electron chi connectivity index (χ0n) is 19.9. The van der Waals surface area contributed by atoms with Crippen LogP contribution in [0, 0.1) is 11.3 Å². The van der Waals surface area contributed by atoms with E-state index in [-0.39, 0.29) is 24.9 Å². The predicted octanol–water partition coefficient (Wildman–Crippen LogP) is 2.98. The molecule has 0 bridgehead atoms. The lowest BCUT2D eigenvalue weighted by molar-refractivity contribution is -0.145. The molecule has 0 unspecified atom stereocenters. The first-order chi connectivity index (χ1) is 14.8. The minimum absolute atomic E-state index is 0.0130. The van der Waals surface area contributed by atoms with Gasteiger partial charge in [-0.25, -0.2) is 9.78 Å². The van der Waals surface area contributed by atoms with Crippen LogP contribution in [0.25, 0.3) is 0 Å². The van der Waals surface area contributed by atoms with Crippen LogP contribution >= 0.6 is 0 Å². The minimum atomic E-state index is -0.642. The predicted molar refractivity (Wildman–Crippen MR) is 118 cm³/mol. The van der Waals surface area contributed by atoms with E-state index in [1.54, 1.807) is 37.8 Å². The first-order valence-electron chi connectivity index (χ1n) is 10.8. The number of ether oxygens (including phenoxy) is 3. The second-order valence-corrected chi connectivity index (χ2v) is 10.2. The number of amides is 2. The van der Waals surface area contributed by atoms with Gasteiger partial charge in [0.15, 0.2) is 0 Å². The zero-order chi connectivity index (χ0) is 23.8. The quantitative estimate of drug-likeness (QED) is 0.643. The number of likely N-dealkylation sites (tertiary alicyclic amines) is 1. The fourth-order valence-electron chi connectivity index (χ4n) is 3.90. The molecule has 0 aromatic carbocycles. The average Bonchev–Trinajstić information content (AvgIpc) is 3.15. The third-order valence-electron chi connectivity index (χ3n) is 5.45. The minimum Gasteiger partial charge on any atom is -0.474 e. The molecule has 0 aliphatic carbocycles. The number of pyridine rings is 1. The normalized spacial score (nSPS) is 21.0. The van der Waals surface area contributed by atoms with E-state index in [2.05, 4.69) is 4.98 Å². The lowest BCUT2D eigenvalue weighted by Crippen LogP contribution is -2.44. The van der Waals surface area contributed by atoms with Crippen LogP contribution in [0.3, 0.4) is 0 Å². The standard InChI is InChI=1S/C23H33N3O6/c1-22(2,3)20(28)26-10-11-31-18-17(26)9-8-16(24-18)14-12-25(13-15(14)19(27)30-7)21(29)32-23(4,5)6/h8-9,14-15H,10-13H2,1-7H3/t14-,15+/m1/s1. The Balaban J connectivity index is 1.89. The highest BCUT2D eigenvalue weighted by Crippen LogP contribution is 2.38. The van der Waals surface area contributed by atoms with E-state index >= 15 is 0 Å². The van der Waals surface area contributed by atoms with Gasteiger partial charge < -0.3 is 24.0 Å². The van der Waals surface area contributed by atoms with Crippen molar-refractivity contribution < 1.29 is 28.6 Å². The molecule has 2 aliphatic heterocycles. The van der Waals surface area contributed by atoms with E-state index in [1.165, 1.54) is 12.0 Å². The maximum absolute atomic E-state index is 12.9. The molecule has 1 aromatic heterocycles. The summed E-state index contributed by atoms with van der Waals surface area (Å²) in [5.74, 6) is -1.02. The van der Waals surface area contributed by atoms with Crippen molar-refractivity contribution in [3.8, 4) is 5.88 Å². The number of hydrogen-bond acceptors (Lipinski definition) is 7. The number of anilines is 1. The fourth-order valence-corrected chi connectivity index (χ4v) is 3.90. The van der Waals surface area contributed by atoms with Gasteiger partial charge in [-0.2, -0.15) is 0 Å². The number of aromatic nitrogens is 1. The molecule has 3 rings (SSSR count). The van der Waals surface area contributed by atoms with Gasteiger partial charge >= 0.3 is 12.1 Å². The lowest BCUT2D eigenvalue weighted by atomic mass is 9.92. The second-order valence-electron chi connectivity index (χ2n) is 10.2. The average molecular weight is 448 g/mol. The molecule has 3 heterocycles. The van der Waals surface area contributed by atoms with Crippen LogP contribution in [0.4, 0.5) is 10.5 Å². The fraction of sp³-hybridized carbons (Fsp3) is 0.652. The van der Waals surface area contributed by atoms with E-state index in [4.69, 9.17) is 14.2 Å². The van der Waals surface area contributed by atoms with Crippen LogP contribution in [0.2, 0.25) is 0 Å². The highest BCUT2D eigenvalue weighted by Gasteiger charge is 2.44. The molecule has 9 nitrogen and oxygen atoms in total. The van der Waals surface area contributed by atoms with Crippen molar-refractivity contribution in [3.05, 3.63) is 17.8 Å². The van der Waals surface area contributed by atoms with Gasteiger partial charge in [0.25, 0.3) is 0 Å². The van der Waals surface area contributed by atoms with Crippen LogP contribution in [-0.2, 0) is 19.1 Å². The van der Waals surface area contributed by atoms with Gasteiger partial charge in [-0.3, -0.25) is 9.59 Å². The third-order valence-corrected chi connectivity index (χ3v) is 5.45. The summed E-state index contributed by atoms with van der Waals surface area (Å²) in [5.41, 5.74) is 0.0336. The molecule has 1 fully saturated rings. The number of methoxy groups -OCH3 is 1. The summed E-state index contributed by atoms with van der Waals surface area (Å²) in [6.07, 6.45) is -0.481. The third kappa shape index (κ3) is 4.97. The van der Waals surface area contributed by atoms with Gasteiger partial charge in [0.1, 0.15) is 17.9 Å². The van der Waals surface area contributed by atoms with Crippen LogP contribution in [0.5, 0.6) is 5.88 Å². The van der Waals surface area contributed by atoms with Crippen molar-refractivity contribution in [2.24, 2.45) is 11.3 Å². The Morgan fingerprint density at radius 3 is 2.38 bits per heavy atom. The van der Waals surface area contributed by atoms with Gasteiger partial charge in [0.05, 0.1) is 25.3 Å². The van der Waals surface area contributed by atoms with Crippen molar-refractivity contribution in [1.29, 1.82) is 0 Å². The SMILES string of the molecule is COC(=O)[C@H]1CN(C(=O)OC(C)(C)C)C[C@H]1c1ccc2c(n1)OCCN2C(=O)C(C)(C)C. The number of carbonyl (C=O) groups is 3. The molecule has 176 valence electrons. The number of fused-ring (bicyclic) bond motifs is 1. The summed E-state index contributed by atoms with van der Waals surface area (Å²) in [6, 6.07) is 3.58. The van der Waals surface area contributed by atoms with Crippen LogP contribution in [0.1, 0.15) is 53.2 Å². The summed E-state index contributed by atoms with van der Waals surface area (Å²) in [7, 11) is 1.33. The van der Waals surface area contributed by atoms with E-state index < -0.39 is 29.0 Å². The molecule has 0 spiro atoms. The first-order valence-corrected chi connectivity index (χ1v) is 10.8. The van der Waals surface area contributed by atoms with Crippen molar-refractivity contribution >= 4 is 23.7 Å². The topological polar surface area (TPSA) is 98.3 Å². The van der Waals surface area contributed by atoms with Gasteiger partial charge in [-0.05, 0) is 32.9 Å². The maximum atomic E-state index is 12.9. The number of esters is 1. The summed E-state index contributed by atoms with van der Waals surface area (Å²) >= 11 is 0. The van der Waals surface area contributed by atoms with Gasteiger partial charge in [-0.15, -0.1) is 0 Å². The molecule has 2 aliphatic rings. The second kappa shape index (κ2) is 8.60. The van der Waals surface area contributed by atoms with Gasteiger partial charge in [0.2, 0.25) is 11.8 Å². The summed E-state index contributed by atoms with van der Waals surface area (Å²) < 4.78 is 16.2. The van der Waals surface area contributed by atoms with E-state index in [1.807, 2.05) is 20.8 Å². The molecule has 1 saturated heterocycles. The highest BCUT2D eigenvalue weighted by atomic mass is 16.6. The van der Waals surface area contributed by atoms with Gasteiger partial charge in [-0.1, -0.05) is 20.8 Å². The van der Waals surface area contributed by atoms with E-state index in [9.17, 15) is 14.4 Å². The Kier molecular flexibility index (Phi) is 6.40. The zero-order valence-corrected chi connectivity index (χ0v) is 19.9. The molecule has 32 heavy (non-hydrogen) atoms. The van der Waals surface area contributed by atoms with Gasteiger partial charge in [0, 0.05) is 24.4 Å². The lowest BCUT2D eigenvalue weighted by Gasteiger charge is -2.33. The Morgan fingerprint density at radius 2 is 1.78 bits per heavy atom. The van der Waals surface area contributed by atoms with Crippen LogP contribution < -0.4 is 9.64 Å². The number of nitrogens with zero attached hydrogens (tertiary/aromatic N) is 3. The van der Waals surface area contributed by atoms with Crippen LogP contribution in [-0.4, -0.2) is 66.8 Å². The van der Waals surface area contributed by atoms with Crippen molar-refractivity contribution in [3.63, 3.8) is 0 Å². The first kappa shape index (κ1) is 23.8. The van der Waals surface area contributed by atoms with Crippen LogP contribution in [0.15, 0.2) is 12.1 Å². The molecule has 0 saturated carbocycles. The Hall–Kier alpha value is -2.84. The summed E-state index contributed by atoms with van der Waals surface area (Å²) in [6.45, 7) is 12.2. The summed E-state index contributed by atoms with van der Waals surface area (Å²) in [5, 5.41) is 0. The number of carbonyl (C=O) groups excluding carboxylic acids is 3. The Bertz CT molecular complexity index is 902. The largest absolute Gasteiger partial charge is 0.474 e. The number of rotatable bonds is 2. The monoisotopic (exact) mass is 447 g/mol. The molecular weight excluding hydrogens is 414 g/mol. The molecule has 0 N–H and O–H groups in total. The number of hydrogen-bond donors (Lipinski definition) is 0. The Labute approximate surface area is 189 Å². The molecular formula is C23H33N3O6. The maximum Gasteiger partial charge on any atom is 0.410 e. The van der Waals surface area contributed by atoms with E-state index in [0.29, 0.717) is 30.4 Å². The van der Waals surface area contributed by atoms with Crippen molar-refractivity contribution in [2.45, 2.75) is 53.1 Å². The summed E-state index contributed by atoms with van der Waals surface area (Å²) in [4.78, 5) is 45.8. The molecule has 1 aromatic rings. The van der Waals surface area contributed by atoms with Crippen molar-refractivity contribution in [2.75, 3.05) is 38.3 Å². The van der Waals surface area contributed by atoms with E-state index in [0.717, 1.165) is 0 Å². The Morgan fingerprint density at radius 1 is 1.09 bits per heavy atom. The molecule has 2 amide bonds. The molecule has 9 heteroatoms. The smallest absolute Gasteiger partial charge is 0.410 e. The molecule has 0 radical (unpaired) electrons. The molecule has 2 atom stereocenters.